The van der Waals surface area contributed by atoms with Crippen LogP contribution in [0.3, 0.4) is 0 Å². The molecule has 0 bridgehead atoms. The van der Waals surface area contributed by atoms with Crippen LogP contribution in [-0.4, -0.2) is 15.9 Å². The van der Waals surface area contributed by atoms with E-state index < -0.39 is 0 Å². The topological polar surface area (TPSA) is 54.9 Å². The number of para-hydroxylation sites is 1. The summed E-state index contributed by atoms with van der Waals surface area (Å²) in [6.45, 7) is 0. The number of rotatable bonds is 4. The summed E-state index contributed by atoms with van der Waals surface area (Å²) in [7, 11) is 0. The highest BCUT2D eigenvalue weighted by molar-refractivity contribution is 7.18. The van der Waals surface area contributed by atoms with Gasteiger partial charge in [0, 0.05) is 17.7 Å². The van der Waals surface area contributed by atoms with Gasteiger partial charge < -0.3 is 5.32 Å². The first-order valence-electron chi connectivity index (χ1n) is 8.41. The van der Waals surface area contributed by atoms with E-state index in [1.54, 1.807) is 22.7 Å². The maximum Gasteiger partial charge on any atom is 0.226 e. The van der Waals surface area contributed by atoms with Gasteiger partial charge in [0.15, 0.2) is 5.13 Å². The fraction of sp³-hybridized carbons (Fsp3) is 0.389. The maximum atomic E-state index is 12.2. The number of anilines is 1. The summed E-state index contributed by atoms with van der Waals surface area (Å²) in [6, 6.07) is 8.09. The molecule has 0 spiro atoms. The van der Waals surface area contributed by atoms with E-state index in [9.17, 15) is 4.79 Å². The SMILES string of the molecule is O=C(CCc1nc2ccccc2s1)Nc1nc2c(s1)CCCCC2. The van der Waals surface area contributed by atoms with Crippen LogP contribution in [0.2, 0.25) is 0 Å². The number of amides is 1. The van der Waals surface area contributed by atoms with Gasteiger partial charge in [-0.3, -0.25) is 4.79 Å². The fourth-order valence-electron chi connectivity index (χ4n) is 3.01. The van der Waals surface area contributed by atoms with E-state index in [0.717, 1.165) is 28.5 Å². The third-order valence-electron chi connectivity index (χ3n) is 4.25. The molecule has 2 aromatic heterocycles. The summed E-state index contributed by atoms with van der Waals surface area (Å²) in [5.74, 6) is 0.0261. The van der Waals surface area contributed by atoms with Crippen molar-refractivity contribution in [2.24, 2.45) is 0 Å². The molecule has 1 aliphatic rings. The van der Waals surface area contributed by atoms with Crippen LogP contribution in [0.4, 0.5) is 5.13 Å². The average Bonchev–Trinajstić information content (AvgIpc) is 3.10. The first kappa shape index (κ1) is 15.7. The van der Waals surface area contributed by atoms with Crippen LogP contribution in [-0.2, 0) is 24.1 Å². The Morgan fingerprint density at radius 3 is 2.88 bits per heavy atom. The third-order valence-corrected chi connectivity index (χ3v) is 6.42. The van der Waals surface area contributed by atoms with Crippen molar-refractivity contribution in [3.8, 4) is 0 Å². The third kappa shape index (κ3) is 3.49. The second kappa shape index (κ2) is 6.99. The summed E-state index contributed by atoms with van der Waals surface area (Å²) in [4.78, 5) is 22.8. The van der Waals surface area contributed by atoms with Crippen molar-refractivity contribution in [1.29, 1.82) is 0 Å². The van der Waals surface area contributed by atoms with Gasteiger partial charge >= 0.3 is 0 Å². The summed E-state index contributed by atoms with van der Waals surface area (Å²) < 4.78 is 1.18. The van der Waals surface area contributed by atoms with E-state index >= 15 is 0 Å². The highest BCUT2D eigenvalue weighted by Gasteiger charge is 2.15. The van der Waals surface area contributed by atoms with Gasteiger partial charge in [0.05, 0.1) is 20.9 Å². The largest absolute Gasteiger partial charge is 0.302 e. The average molecular weight is 358 g/mol. The number of carbonyl (C=O) groups is 1. The van der Waals surface area contributed by atoms with Gasteiger partial charge in [0.1, 0.15) is 0 Å². The predicted octanol–water partition coefficient (Wildman–Crippen LogP) is 4.59. The first-order valence-corrected chi connectivity index (χ1v) is 10.0. The van der Waals surface area contributed by atoms with Gasteiger partial charge in [0.25, 0.3) is 0 Å². The Balaban J connectivity index is 1.36. The summed E-state index contributed by atoms with van der Waals surface area (Å²) in [5.41, 5.74) is 2.21. The van der Waals surface area contributed by atoms with Crippen molar-refractivity contribution >= 4 is 43.9 Å². The molecule has 4 rings (SSSR count). The minimum absolute atomic E-state index is 0.0261. The standard InChI is InChI=1S/C18H19N3OS2/c22-16(10-11-17-19-12-7-4-5-9-14(12)23-17)21-18-20-13-6-2-1-3-8-15(13)24-18/h4-5,7,9H,1-3,6,8,10-11H2,(H,20,21,22). The van der Waals surface area contributed by atoms with Crippen molar-refractivity contribution in [2.75, 3.05) is 5.32 Å². The molecule has 4 nitrogen and oxygen atoms in total. The highest BCUT2D eigenvalue weighted by atomic mass is 32.1. The lowest BCUT2D eigenvalue weighted by Crippen LogP contribution is -2.12. The van der Waals surface area contributed by atoms with Gasteiger partial charge in [0.2, 0.25) is 5.91 Å². The Morgan fingerprint density at radius 2 is 1.96 bits per heavy atom. The van der Waals surface area contributed by atoms with Gasteiger partial charge in [-0.25, -0.2) is 9.97 Å². The molecule has 0 radical (unpaired) electrons. The molecule has 3 aromatic rings. The Labute approximate surface area is 149 Å². The molecule has 124 valence electrons. The zero-order valence-corrected chi connectivity index (χ0v) is 15.0. The molecule has 1 aliphatic carbocycles. The van der Waals surface area contributed by atoms with Crippen LogP contribution < -0.4 is 5.32 Å². The molecule has 1 N–H and O–H groups in total. The number of aryl methyl sites for hydroxylation is 3. The van der Waals surface area contributed by atoms with E-state index in [-0.39, 0.29) is 5.91 Å². The molecule has 0 saturated carbocycles. The van der Waals surface area contributed by atoms with Crippen molar-refractivity contribution in [3.05, 3.63) is 39.8 Å². The van der Waals surface area contributed by atoms with E-state index in [0.29, 0.717) is 12.8 Å². The van der Waals surface area contributed by atoms with Gasteiger partial charge in [-0.1, -0.05) is 18.6 Å². The molecule has 0 saturated heterocycles. The number of fused-ring (bicyclic) bond motifs is 2. The number of hydrogen-bond donors (Lipinski definition) is 1. The van der Waals surface area contributed by atoms with Crippen LogP contribution in [0, 0.1) is 0 Å². The molecular formula is C18H19N3OS2. The van der Waals surface area contributed by atoms with E-state index in [1.807, 2.05) is 18.2 Å². The molecule has 1 amide bonds. The van der Waals surface area contributed by atoms with Crippen LogP contribution in [0.25, 0.3) is 10.2 Å². The van der Waals surface area contributed by atoms with Crippen molar-refractivity contribution in [1.82, 2.24) is 9.97 Å². The summed E-state index contributed by atoms with van der Waals surface area (Å²) >= 11 is 3.31. The second-order valence-electron chi connectivity index (χ2n) is 6.07. The fourth-order valence-corrected chi connectivity index (χ4v) is 5.04. The molecule has 0 unspecified atom stereocenters. The molecule has 0 atom stereocenters. The molecule has 1 aromatic carbocycles. The molecule has 0 fully saturated rings. The Hall–Kier alpha value is -1.79. The lowest BCUT2D eigenvalue weighted by molar-refractivity contribution is -0.116. The monoisotopic (exact) mass is 357 g/mol. The minimum Gasteiger partial charge on any atom is -0.302 e. The normalized spacial score (nSPS) is 14.3. The van der Waals surface area contributed by atoms with Gasteiger partial charge in [-0.15, -0.1) is 22.7 Å². The maximum absolute atomic E-state index is 12.2. The molecule has 24 heavy (non-hydrogen) atoms. The molecule has 2 heterocycles. The van der Waals surface area contributed by atoms with Crippen LogP contribution in [0.15, 0.2) is 24.3 Å². The van der Waals surface area contributed by atoms with Crippen molar-refractivity contribution in [2.45, 2.75) is 44.9 Å². The zero-order chi connectivity index (χ0) is 16.4. The smallest absolute Gasteiger partial charge is 0.226 e. The second-order valence-corrected chi connectivity index (χ2v) is 8.27. The number of hydrogen-bond acceptors (Lipinski definition) is 5. The first-order chi connectivity index (χ1) is 11.8. The van der Waals surface area contributed by atoms with Crippen LogP contribution in [0.5, 0.6) is 0 Å². The molecule has 6 heteroatoms. The van der Waals surface area contributed by atoms with Crippen LogP contribution >= 0.6 is 22.7 Å². The van der Waals surface area contributed by atoms with E-state index in [1.165, 1.54) is 34.5 Å². The number of thiazole rings is 2. The number of aromatic nitrogens is 2. The predicted molar refractivity (Wildman–Crippen MR) is 99.9 cm³/mol. The zero-order valence-electron chi connectivity index (χ0n) is 13.4. The lowest BCUT2D eigenvalue weighted by Gasteiger charge is -2.00. The number of nitrogens with zero attached hydrogens (tertiary/aromatic N) is 2. The number of carbonyl (C=O) groups excluding carboxylic acids is 1. The summed E-state index contributed by atoms with van der Waals surface area (Å²) in [5, 5.41) is 4.74. The quantitative estimate of drug-likeness (QED) is 0.695. The van der Waals surface area contributed by atoms with Crippen molar-refractivity contribution in [3.63, 3.8) is 0 Å². The summed E-state index contributed by atoms with van der Waals surface area (Å²) in [6.07, 6.45) is 7.01. The van der Waals surface area contributed by atoms with Crippen LogP contribution in [0.1, 0.15) is 41.3 Å². The molecule has 0 aliphatic heterocycles. The van der Waals surface area contributed by atoms with Gasteiger partial charge in [-0.2, -0.15) is 0 Å². The lowest BCUT2D eigenvalue weighted by atomic mass is 10.2. The highest BCUT2D eigenvalue weighted by Crippen LogP contribution is 2.29. The molecular weight excluding hydrogens is 338 g/mol. The van der Waals surface area contributed by atoms with E-state index in [2.05, 4.69) is 21.4 Å². The number of benzene rings is 1. The number of nitrogens with one attached hydrogen (secondary N) is 1. The van der Waals surface area contributed by atoms with E-state index in [4.69, 9.17) is 0 Å². The van der Waals surface area contributed by atoms with Gasteiger partial charge in [-0.05, 0) is 37.8 Å². The Morgan fingerprint density at radius 1 is 1.08 bits per heavy atom. The van der Waals surface area contributed by atoms with Crippen molar-refractivity contribution < 1.29 is 4.79 Å². The Bertz CT molecular complexity index is 812. The Kier molecular flexibility index (Phi) is 4.58. The minimum atomic E-state index is 0.0261.